The average molecular weight is 532 g/mol. The second-order valence-electron chi connectivity index (χ2n) is 12.7. The Morgan fingerprint density at radius 1 is 0.500 bits per heavy atom. The average Bonchev–Trinajstić information content (AvgIpc) is 3.32. The van der Waals surface area contributed by atoms with Gasteiger partial charge in [-0.15, -0.1) is 0 Å². The minimum atomic E-state index is 0.606. The van der Waals surface area contributed by atoms with Crippen LogP contribution in [0.15, 0.2) is 12.4 Å². The molecule has 0 unspecified atom stereocenters. The van der Waals surface area contributed by atoms with Gasteiger partial charge >= 0.3 is 0 Å². The number of unbranched alkanes of at least 4 members (excludes halogenated alkanes) is 24. The topological polar surface area (TPSA) is 8.81 Å². The van der Waals surface area contributed by atoms with Crippen molar-refractivity contribution in [2.45, 2.75) is 214 Å². The van der Waals surface area contributed by atoms with Crippen LogP contribution in [0.3, 0.4) is 0 Å². The molecule has 0 N–H and O–H groups in total. The van der Waals surface area contributed by atoms with Gasteiger partial charge in [0.1, 0.15) is 12.4 Å². The van der Waals surface area contributed by atoms with Crippen LogP contribution in [0.25, 0.3) is 0 Å². The van der Waals surface area contributed by atoms with E-state index in [0.717, 1.165) is 0 Å². The Bertz CT molecular complexity index is 602. The van der Waals surface area contributed by atoms with Gasteiger partial charge in [0.25, 0.3) is 5.82 Å². The molecular weight excluding hydrogens is 460 g/mol. The highest BCUT2D eigenvalue weighted by Crippen LogP contribution is 2.16. The van der Waals surface area contributed by atoms with E-state index in [1.54, 1.807) is 5.82 Å². The van der Waals surface area contributed by atoms with Crippen LogP contribution >= 0.6 is 0 Å². The van der Waals surface area contributed by atoms with Crippen molar-refractivity contribution in [3.63, 3.8) is 0 Å². The fourth-order valence-corrected chi connectivity index (χ4v) is 6.12. The minimum Gasteiger partial charge on any atom is -0.234 e. The van der Waals surface area contributed by atoms with Gasteiger partial charge in [0.05, 0.1) is 19.0 Å². The molecule has 0 saturated carbocycles. The second-order valence-corrected chi connectivity index (χ2v) is 12.7. The SMILES string of the molecule is CCCCCCCCCCCCCCCC[n+]1ccn(CCCCCCCCCCCCCC)c1C(C)C. The standard InChI is InChI=1S/C36H71N2/c1-5-7-9-11-13-15-17-19-20-22-24-26-28-30-32-38-34-33-37(36(38)35(3)4)31-29-27-25-23-21-18-16-14-12-10-8-6-2/h33-35H,5-32H2,1-4H3/q+1. The zero-order chi connectivity index (χ0) is 27.5. The van der Waals surface area contributed by atoms with Crippen LogP contribution in [-0.4, -0.2) is 4.57 Å². The minimum absolute atomic E-state index is 0.606. The van der Waals surface area contributed by atoms with E-state index < -0.39 is 0 Å². The molecule has 0 radical (unpaired) electrons. The van der Waals surface area contributed by atoms with Crippen molar-refractivity contribution in [1.82, 2.24) is 4.57 Å². The van der Waals surface area contributed by atoms with Gasteiger partial charge in [-0.25, -0.2) is 9.13 Å². The molecule has 0 aliphatic rings. The summed E-state index contributed by atoms with van der Waals surface area (Å²) in [6.07, 6.45) is 42.0. The Morgan fingerprint density at radius 2 is 0.842 bits per heavy atom. The lowest BCUT2D eigenvalue weighted by atomic mass is 10.0. The number of hydrogen-bond acceptors (Lipinski definition) is 0. The van der Waals surface area contributed by atoms with Gasteiger partial charge in [-0.1, -0.05) is 169 Å². The third kappa shape index (κ3) is 19.3. The van der Waals surface area contributed by atoms with E-state index in [9.17, 15) is 0 Å². The molecule has 0 aliphatic heterocycles. The largest absolute Gasteiger partial charge is 0.258 e. The van der Waals surface area contributed by atoms with Crippen molar-refractivity contribution >= 4 is 0 Å². The molecule has 1 heterocycles. The zero-order valence-electron chi connectivity index (χ0n) is 26.9. The van der Waals surface area contributed by atoms with Gasteiger partial charge in [0, 0.05) is 0 Å². The van der Waals surface area contributed by atoms with E-state index in [1.807, 2.05) is 0 Å². The molecule has 0 bridgehead atoms. The summed E-state index contributed by atoms with van der Waals surface area (Å²) in [6.45, 7) is 11.8. The highest BCUT2D eigenvalue weighted by atomic mass is 15.1. The van der Waals surface area contributed by atoms with Crippen LogP contribution in [0.1, 0.15) is 206 Å². The lowest BCUT2D eigenvalue weighted by Crippen LogP contribution is -2.38. The summed E-state index contributed by atoms with van der Waals surface area (Å²) in [6, 6.07) is 0. The van der Waals surface area contributed by atoms with Crippen molar-refractivity contribution in [3.8, 4) is 0 Å². The molecule has 1 aromatic rings. The molecule has 0 aliphatic carbocycles. The third-order valence-electron chi connectivity index (χ3n) is 8.54. The Hall–Kier alpha value is -0.790. The predicted molar refractivity (Wildman–Crippen MR) is 170 cm³/mol. The molecule has 224 valence electrons. The molecule has 2 nitrogen and oxygen atoms in total. The Balaban J connectivity index is 2.04. The van der Waals surface area contributed by atoms with Crippen LogP contribution in [-0.2, 0) is 13.1 Å². The van der Waals surface area contributed by atoms with Crippen LogP contribution in [0.5, 0.6) is 0 Å². The van der Waals surface area contributed by atoms with Crippen molar-refractivity contribution < 1.29 is 4.57 Å². The van der Waals surface area contributed by atoms with Gasteiger partial charge in [0.15, 0.2) is 0 Å². The summed E-state index contributed by atoms with van der Waals surface area (Å²) in [5.41, 5.74) is 0. The fraction of sp³-hybridized carbons (Fsp3) is 0.917. The van der Waals surface area contributed by atoms with E-state index in [1.165, 1.54) is 180 Å². The number of imidazole rings is 1. The van der Waals surface area contributed by atoms with Crippen molar-refractivity contribution in [3.05, 3.63) is 18.2 Å². The lowest BCUT2D eigenvalue weighted by Gasteiger charge is -2.08. The number of aryl methyl sites for hydroxylation is 2. The Morgan fingerprint density at radius 3 is 1.21 bits per heavy atom. The normalized spacial score (nSPS) is 11.7. The number of nitrogens with zero attached hydrogens (tertiary/aromatic N) is 2. The molecule has 0 saturated heterocycles. The zero-order valence-corrected chi connectivity index (χ0v) is 26.9. The molecule has 0 fully saturated rings. The van der Waals surface area contributed by atoms with Crippen LogP contribution in [0.2, 0.25) is 0 Å². The van der Waals surface area contributed by atoms with E-state index >= 15 is 0 Å². The first-order valence-corrected chi connectivity index (χ1v) is 17.8. The van der Waals surface area contributed by atoms with Gasteiger partial charge in [-0.3, -0.25) is 0 Å². The quantitative estimate of drug-likeness (QED) is 0.0717. The van der Waals surface area contributed by atoms with Crippen molar-refractivity contribution in [2.24, 2.45) is 0 Å². The first kappa shape index (κ1) is 35.2. The second kappa shape index (κ2) is 26.4. The van der Waals surface area contributed by atoms with Crippen molar-refractivity contribution in [2.75, 3.05) is 0 Å². The first-order valence-electron chi connectivity index (χ1n) is 17.8. The van der Waals surface area contributed by atoms with E-state index in [-0.39, 0.29) is 0 Å². The summed E-state index contributed by atoms with van der Waals surface area (Å²) >= 11 is 0. The fourth-order valence-electron chi connectivity index (χ4n) is 6.12. The third-order valence-corrected chi connectivity index (χ3v) is 8.54. The molecule has 0 spiro atoms. The molecular formula is C36H71N2+. The number of rotatable bonds is 29. The van der Waals surface area contributed by atoms with Gasteiger partial charge in [-0.2, -0.15) is 0 Å². The van der Waals surface area contributed by atoms with Gasteiger partial charge < -0.3 is 0 Å². The maximum absolute atomic E-state index is 2.56. The smallest absolute Gasteiger partial charge is 0.234 e. The number of aromatic nitrogens is 2. The molecule has 1 rings (SSSR count). The van der Waals surface area contributed by atoms with Gasteiger partial charge in [-0.05, 0) is 25.7 Å². The number of hydrogen-bond donors (Lipinski definition) is 0. The summed E-state index contributed by atoms with van der Waals surface area (Å²) in [4.78, 5) is 0. The summed E-state index contributed by atoms with van der Waals surface area (Å²) in [5, 5.41) is 0. The van der Waals surface area contributed by atoms with Gasteiger partial charge in [0.2, 0.25) is 0 Å². The molecule has 0 atom stereocenters. The molecule has 1 aromatic heterocycles. The summed E-state index contributed by atoms with van der Waals surface area (Å²) < 4.78 is 5.12. The Kier molecular flexibility index (Phi) is 24.5. The lowest BCUT2D eigenvalue weighted by molar-refractivity contribution is -0.705. The van der Waals surface area contributed by atoms with Crippen LogP contribution in [0, 0.1) is 0 Å². The van der Waals surface area contributed by atoms with Crippen LogP contribution < -0.4 is 4.57 Å². The Labute approximate surface area is 240 Å². The predicted octanol–water partition coefficient (Wildman–Crippen LogP) is 12.1. The maximum Gasteiger partial charge on any atom is 0.258 e. The van der Waals surface area contributed by atoms with E-state index in [0.29, 0.717) is 5.92 Å². The molecule has 0 aromatic carbocycles. The first-order chi connectivity index (χ1) is 18.7. The van der Waals surface area contributed by atoms with Crippen molar-refractivity contribution in [1.29, 1.82) is 0 Å². The monoisotopic (exact) mass is 532 g/mol. The molecule has 2 heteroatoms. The summed E-state index contributed by atoms with van der Waals surface area (Å²) in [7, 11) is 0. The van der Waals surface area contributed by atoms with Crippen LogP contribution in [0.4, 0.5) is 0 Å². The molecule has 38 heavy (non-hydrogen) atoms. The highest BCUT2D eigenvalue weighted by Gasteiger charge is 2.20. The summed E-state index contributed by atoms with van der Waals surface area (Å²) in [5.74, 6) is 2.15. The van der Waals surface area contributed by atoms with E-state index in [4.69, 9.17) is 0 Å². The maximum atomic E-state index is 2.56. The molecule has 0 amide bonds. The highest BCUT2D eigenvalue weighted by molar-refractivity contribution is 4.89. The van der Waals surface area contributed by atoms with E-state index in [2.05, 4.69) is 49.2 Å².